The Hall–Kier alpha value is -1.54. The van der Waals surface area contributed by atoms with Gasteiger partial charge in [0.15, 0.2) is 0 Å². The lowest BCUT2D eigenvalue weighted by atomic mass is 10.2. The second-order valence-corrected chi connectivity index (χ2v) is 6.27. The Morgan fingerprint density at radius 3 is 2.52 bits per heavy atom. The Morgan fingerprint density at radius 1 is 1.19 bits per heavy atom. The van der Waals surface area contributed by atoms with Crippen molar-refractivity contribution in [2.45, 2.75) is 19.8 Å². The highest BCUT2D eigenvalue weighted by atomic mass is 79.9. The van der Waals surface area contributed by atoms with Crippen LogP contribution in [-0.2, 0) is 0 Å². The van der Waals surface area contributed by atoms with Crippen molar-refractivity contribution < 1.29 is 9.66 Å². The average Bonchev–Trinajstić information content (AvgIpc) is 2.37. The Labute approximate surface area is 138 Å². The molecule has 0 amide bonds. The predicted molar refractivity (Wildman–Crippen MR) is 84.7 cm³/mol. The van der Waals surface area contributed by atoms with E-state index in [1.807, 2.05) is 13.8 Å². The van der Waals surface area contributed by atoms with E-state index in [0.717, 1.165) is 0 Å². The van der Waals surface area contributed by atoms with Gasteiger partial charge in [0, 0.05) is 22.5 Å². The van der Waals surface area contributed by atoms with Gasteiger partial charge in [0.2, 0.25) is 5.88 Å². The fraction of sp³-hybridized carbons (Fsp3) is 0.231. The number of nitrogens with zero attached hydrogens (tertiary/aromatic N) is 3. The number of non-ortho nitro benzene ring substituents is 1. The minimum atomic E-state index is -0.479. The van der Waals surface area contributed by atoms with Crippen LogP contribution in [0.4, 0.5) is 5.69 Å². The smallest absolute Gasteiger partial charge is 0.274 e. The predicted octanol–water partition coefficient (Wildman–Crippen LogP) is 4.83. The second kappa shape index (κ2) is 6.48. The molecule has 21 heavy (non-hydrogen) atoms. The molecule has 1 aromatic carbocycles. The molecule has 0 unspecified atom stereocenters. The van der Waals surface area contributed by atoms with Gasteiger partial charge in [-0.3, -0.25) is 10.1 Å². The third kappa shape index (κ3) is 4.21. The third-order valence-electron chi connectivity index (χ3n) is 2.49. The van der Waals surface area contributed by atoms with E-state index in [1.54, 1.807) is 12.1 Å². The normalized spacial score (nSPS) is 10.7. The van der Waals surface area contributed by atoms with Crippen LogP contribution in [0.15, 0.2) is 33.3 Å². The van der Waals surface area contributed by atoms with Gasteiger partial charge < -0.3 is 4.74 Å². The van der Waals surface area contributed by atoms with Crippen molar-refractivity contribution in [2.75, 3.05) is 0 Å². The molecule has 0 bridgehead atoms. The van der Waals surface area contributed by atoms with Crippen molar-refractivity contribution in [3.05, 3.63) is 49.3 Å². The van der Waals surface area contributed by atoms with Gasteiger partial charge in [0.25, 0.3) is 5.69 Å². The molecule has 0 atom stereocenters. The first kappa shape index (κ1) is 15.8. The monoisotopic (exact) mass is 415 g/mol. The van der Waals surface area contributed by atoms with Gasteiger partial charge in [-0.1, -0.05) is 29.8 Å². The molecule has 0 saturated heterocycles. The largest absolute Gasteiger partial charge is 0.439 e. The van der Waals surface area contributed by atoms with Gasteiger partial charge in [0.05, 0.1) is 11.0 Å². The summed E-state index contributed by atoms with van der Waals surface area (Å²) in [5, 5.41) is 10.9. The summed E-state index contributed by atoms with van der Waals surface area (Å²) in [7, 11) is 0. The van der Waals surface area contributed by atoms with E-state index in [2.05, 4.69) is 41.8 Å². The molecule has 110 valence electrons. The molecular weight excluding hydrogens is 406 g/mol. The summed E-state index contributed by atoms with van der Waals surface area (Å²) in [6, 6.07) is 5.99. The van der Waals surface area contributed by atoms with Gasteiger partial charge in [0.1, 0.15) is 16.2 Å². The molecule has 6 nitrogen and oxygen atoms in total. The van der Waals surface area contributed by atoms with Crippen LogP contribution in [0.1, 0.15) is 25.6 Å². The molecule has 2 aromatic rings. The van der Waals surface area contributed by atoms with Crippen LogP contribution in [0.3, 0.4) is 0 Å². The van der Waals surface area contributed by atoms with E-state index in [9.17, 15) is 10.1 Å². The van der Waals surface area contributed by atoms with Crippen LogP contribution in [0.5, 0.6) is 11.6 Å². The van der Waals surface area contributed by atoms with Crippen LogP contribution >= 0.6 is 31.9 Å². The summed E-state index contributed by atoms with van der Waals surface area (Å²) in [4.78, 5) is 18.9. The zero-order valence-electron chi connectivity index (χ0n) is 11.2. The van der Waals surface area contributed by atoms with Crippen molar-refractivity contribution in [1.29, 1.82) is 0 Å². The molecule has 2 rings (SSSR count). The maximum atomic E-state index is 10.9. The van der Waals surface area contributed by atoms with Gasteiger partial charge >= 0.3 is 0 Å². The first-order chi connectivity index (χ1) is 9.85. The van der Waals surface area contributed by atoms with Crippen molar-refractivity contribution in [1.82, 2.24) is 9.97 Å². The number of nitro groups is 1. The van der Waals surface area contributed by atoms with E-state index in [4.69, 9.17) is 4.74 Å². The number of rotatable bonds is 4. The lowest BCUT2D eigenvalue weighted by Gasteiger charge is -2.09. The number of halogens is 2. The highest BCUT2D eigenvalue weighted by Crippen LogP contribution is 2.30. The van der Waals surface area contributed by atoms with E-state index in [0.29, 0.717) is 26.5 Å². The standard InChI is InChI=1S/C13H11Br2N3O3/c1-7(2)13-16-11(15)6-12(17-13)21-10-4-8(14)3-9(5-10)18(19)20/h3-7H,1-2H3. The SMILES string of the molecule is CC(C)c1nc(Br)cc(Oc2cc(Br)cc([N+](=O)[O-])c2)n1. The number of aromatic nitrogens is 2. The molecule has 0 saturated carbocycles. The van der Waals surface area contributed by atoms with Crippen molar-refractivity contribution in [2.24, 2.45) is 0 Å². The third-order valence-corrected chi connectivity index (χ3v) is 3.36. The van der Waals surface area contributed by atoms with Crippen LogP contribution in [0.25, 0.3) is 0 Å². The number of hydrogen-bond acceptors (Lipinski definition) is 5. The zero-order chi connectivity index (χ0) is 15.6. The van der Waals surface area contributed by atoms with Crippen LogP contribution in [0.2, 0.25) is 0 Å². The molecule has 0 fully saturated rings. The highest BCUT2D eigenvalue weighted by molar-refractivity contribution is 9.10. The molecule has 0 N–H and O–H groups in total. The highest BCUT2D eigenvalue weighted by Gasteiger charge is 2.12. The molecule has 0 spiro atoms. The minimum absolute atomic E-state index is 0.0587. The van der Waals surface area contributed by atoms with Gasteiger partial charge in [-0.2, -0.15) is 4.98 Å². The summed E-state index contributed by atoms with van der Waals surface area (Å²) < 4.78 is 6.76. The summed E-state index contributed by atoms with van der Waals surface area (Å²) in [6.45, 7) is 3.94. The van der Waals surface area contributed by atoms with E-state index in [1.165, 1.54) is 12.1 Å². The summed E-state index contributed by atoms with van der Waals surface area (Å²) >= 11 is 6.52. The lowest BCUT2D eigenvalue weighted by Crippen LogP contribution is -2.00. The fourth-order valence-corrected chi connectivity index (χ4v) is 2.39. The molecule has 0 aliphatic rings. The van der Waals surface area contributed by atoms with Gasteiger partial charge in [-0.25, -0.2) is 4.98 Å². The van der Waals surface area contributed by atoms with Crippen LogP contribution in [0, 0.1) is 10.1 Å². The van der Waals surface area contributed by atoms with Crippen molar-refractivity contribution >= 4 is 37.5 Å². The second-order valence-electron chi connectivity index (χ2n) is 4.55. The average molecular weight is 417 g/mol. The number of hydrogen-bond donors (Lipinski definition) is 0. The fourth-order valence-electron chi connectivity index (χ4n) is 1.56. The first-order valence-corrected chi connectivity index (χ1v) is 7.61. The maximum Gasteiger partial charge on any atom is 0.274 e. The molecule has 1 heterocycles. The quantitative estimate of drug-likeness (QED) is 0.405. The summed E-state index contributed by atoms with van der Waals surface area (Å²) in [6.07, 6.45) is 0. The summed E-state index contributed by atoms with van der Waals surface area (Å²) in [5.74, 6) is 1.43. The molecule has 1 aromatic heterocycles. The maximum absolute atomic E-state index is 10.9. The minimum Gasteiger partial charge on any atom is -0.439 e. The first-order valence-electron chi connectivity index (χ1n) is 6.02. The number of nitro benzene ring substituents is 1. The van der Waals surface area contributed by atoms with E-state index in [-0.39, 0.29) is 11.6 Å². The number of ether oxygens (including phenoxy) is 1. The van der Waals surface area contributed by atoms with Gasteiger partial charge in [-0.15, -0.1) is 0 Å². The molecule has 0 aliphatic heterocycles. The Kier molecular flexibility index (Phi) is 4.89. The molecule has 0 aliphatic carbocycles. The topological polar surface area (TPSA) is 78.2 Å². The molecule has 0 radical (unpaired) electrons. The van der Waals surface area contributed by atoms with E-state index < -0.39 is 4.92 Å². The van der Waals surface area contributed by atoms with Crippen LogP contribution in [-0.4, -0.2) is 14.9 Å². The summed E-state index contributed by atoms with van der Waals surface area (Å²) in [5.41, 5.74) is -0.0587. The Morgan fingerprint density at radius 2 is 1.90 bits per heavy atom. The van der Waals surface area contributed by atoms with Crippen molar-refractivity contribution in [3.8, 4) is 11.6 Å². The number of benzene rings is 1. The van der Waals surface area contributed by atoms with Crippen LogP contribution < -0.4 is 4.74 Å². The zero-order valence-corrected chi connectivity index (χ0v) is 14.4. The van der Waals surface area contributed by atoms with Crippen molar-refractivity contribution in [3.63, 3.8) is 0 Å². The molecule has 8 heteroatoms. The Bertz CT molecular complexity index is 692. The lowest BCUT2D eigenvalue weighted by molar-refractivity contribution is -0.385. The van der Waals surface area contributed by atoms with E-state index >= 15 is 0 Å². The van der Waals surface area contributed by atoms with Gasteiger partial charge in [-0.05, 0) is 22.0 Å². The Balaban J connectivity index is 2.36. The molecular formula is C13H11Br2N3O3.